The van der Waals surface area contributed by atoms with Crippen molar-refractivity contribution in [3.63, 3.8) is 0 Å². The number of benzene rings is 1. The van der Waals surface area contributed by atoms with E-state index in [0.29, 0.717) is 6.04 Å². The number of hydrogen-bond donors (Lipinski definition) is 1. The van der Waals surface area contributed by atoms with Gasteiger partial charge in [-0.2, -0.15) is 0 Å². The molecule has 2 heterocycles. The molecule has 0 amide bonds. The van der Waals surface area contributed by atoms with Crippen molar-refractivity contribution < 1.29 is 0 Å². The van der Waals surface area contributed by atoms with Crippen LogP contribution in [0.25, 0.3) is 11.4 Å². The van der Waals surface area contributed by atoms with Gasteiger partial charge in [-0.1, -0.05) is 31.5 Å². The van der Waals surface area contributed by atoms with Gasteiger partial charge in [0.2, 0.25) is 0 Å². The average molecular weight is 270 g/mol. The molecule has 3 rings (SSSR count). The second-order valence-electron chi connectivity index (χ2n) is 5.58. The van der Waals surface area contributed by atoms with Crippen molar-refractivity contribution in [1.82, 2.24) is 20.1 Å². The highest BCUT2D eigenvalue weighted by molar-refractivity contribution is 5.62. The fourth-order valence-electron chi connectivity index (χ4n) is 2.95. The smallest absolute Gasteiger partial charge is 0.164 e. The summed E-state index contributed by atoms with van der Waals surface area (Å²) >= 11 is 0. The van der Waals surface area contributed by atoms with Crippen LogP contribution in [-0.2, 0) is 6.54 Å². The molecule has 0 bridgehead atoms. The van der Waals surface area contributed by atoms with E-state index in [1.165, 1.54) is 16.7 Å². The average Bonchev–Trinajstić information content (AvgIpc) is 2.87. The van der Waals surface area contributed by atoms with Crippen LogP contribution in [0.3, 0.4) is 0 Å². The van der Waals surface area contributed by atoms with Crippen molar-refractivity contribution in [2.24, 2.45) is 0 Å². The molecule has 1 aliphatic heterocycles. The van der Waals surface area contributed by atoms with E-state index >= 15 is 0 Å². The first-order valence-corrected chi connectivity index (χ1v) is 7.45. The number of fused-ring (bicyclic) bond motifs is 1. The van der Waals surface area contributed by atoms with Gasteiger partial charge in [0.05, 0.1) is 6.04 Å². The topological polar surface area (TPSA) is 42.7 Å². The number of aromatic nitrogens is 3. The Hall–Kier alpha value is -1.68. The minimum atomic E-state index is 0.347. The van der Waals surface area contributed by atoms with Crippen LogP contribution in [0.4, 0.5) is 0 Å². The van der Waals surface area contributed by atoms with Crippen LogP contribution in [-0.4, -0.2) is 21.3 Å². The van der Waals surface area contributed by atoms with E-state index in [2.05, 4.69) is 59.1 Å². The Morgan fingerprint density at radius 1 is 1.30 bits per heavy atom. The summed E-state index contributed by atoms with van der Waals surface area (Å²) in [5, 5.41) is 12.5. The monoisotopic (exact) mass is 270 g/mol. The van der Waals surface area contributed by atoms with E-state index in [1.807, 2.05) is 0 Å². The zero-order valence-corrected chi connectivity index (χ0v) is 12.5. The van der Waals surface area contributed by atoms with E-state index < -0.39 is 0 Å². The first-order valence-electron chi connectivity index (χ1n) is 7.45. The predicted molar refractivity (Wildman–Crippen MR) is 80.6 cm³/mol. The fraction of sp³-hybridized carbons (Fsp3) is 0.500. The first kappa shape index (κ1) is 13.3. The van der Waals surface area contributed by atoms with Crippen molar-refractivity contribution >= 4 is 0 Å². The van der Waals surface area contributed by atoms with Gasteiger partial charge in [-0.3, -0.25) is 0 Å². The maximum atomic E-state index is 4.48. The molecule has 4 heteroatoms. The molecule has 0 saturated heterocycles. The molecule has 1 aromatic carbocycles. The SMILES string of the molecule is CCCC1NCCn2c(-c3cccc(C)c3C)nnc21. The van der Waals surface area contributed by atoms with Crippen LogP contribution in [0.5, 0.6) is 0 Å². The van der Waals surface area contributed by atoms with Gasteiger partial charge in [-0.15, -0.1) is 10.2 Å². The molecule has 1 atom stereocenters. The number of aryl methyl sites for hydroxylation is 1. The molecule has 0 fully saturated rings. The summed E-state index contributed by atoms with van der Waals surface area (Å²) < 4.78 is 2.29. The van der Waals surface area contributed by atoms with E-state index in [-0.39, 0.29) is 0 Å². The lowest BCUT2D eigenvalue weighted by Gasteiger charge is -2.25. The highest BCUT2D eigenvalue weighted by Crippen LogP contribution is 2.28. The van der Waals surface area contributed by atoms with E-state index in [9.17, 15) is 0 Å². The molecule has 0 radical (unpaired) electrons. The third-order valence-electron chi connectivity index (χ3n) is 4.24. The van der Waals surface area contributed by atoms with Crippen molar-refractivity contribution in [3.8, 4) is 11.4 Å². The van der Waals surface area contributed by atoms with E-state index in [4.69, 9.17) is 0 Å². The number of nitrogens with one attached hydrogen (secondary N) is 1. The Labute approximate surface area is 120 Å². The zero-order valence-electron chi connectivity index (χ0n) is 12.5. The Balaban J connectivity index is 2.06. The molecule has 0 aliphatic carbocycles. The van der Waals surface area contributed by atoms with Crippen LogP contribution in [0.15, 0.2) is 18.2 Å². The van der Waals surface area contributed by atoms with Gasteiger partial charge in [0, 0.05) is 18.7 Å². The Morgan fingerprint density at radius 3 is 2.95 bits per heavy atom. The number of nitrogens with zero attached hydrogens (tertiary/aromatic N) is 3. The van der Waals surface area contributed by atoms with Crippen molar-refractivity contribution in [2.45, 2.75) is 46.2 Å². The van der Waals surface area contributed by atoms with E-state index in [1.54, 1.807) is 0 Å². The summed E-state index contributed by atoms with van der Waals surface area (Å²) in [5.74, 6) is 2.11. The molecule has 2 aromatic rings. The van der Waals surface area contributed by atoms with Gasteiger partial charge >= 0.3 is 0 Å². The summed E-state index contributed by atoms with van der Waals surface area (Å²) in [6.45, 7) is 8.46. The Morgan fingerprint density at radius 2 is 2.15 bits per heavy atom. The molecular formula is C16H22N4. The summed E-state index contributed by atoms with van der Waals surface area (Å²) in [5.41, 5.74) is 3.81. The maximum absolute atomic E-state index is 4.48. The van der Waals surface area contributed by atoms with Crippen LogP contribution < -0.4 is 5.32 Å². The van der Waals surface area contributed by atoms with Crippen molar-refractivity contribution in [1.29, 1.82) is 0 Å². The van der Waals surface area contributed by atoms with Crippen LogP contribution in [0.2, 0.25) is 0 Å². The first-order chi connectivity index (χ1) is 9.72. The fourth-order valence-corrected chi connectivity index (χ4v) is 2.95. The predicted octanol–water partition coefficient (Wildman–Crippen LogP) is 3.01. The number of hydrogen-bond acceptors (Lipinski definition) is 3. The van der Waals surface area contributed by atoms with Crippen LogP contribution in [0, 0.1) is 13.8 Å². The van der Waals surface area contributed by atoms with Gasteiger partial charge in [-0.25, -0.2) is 0 Å². The summed E-state index contributed by atoms with van der Waals surface area (Å²) in [6, 6.07) is 6.74. The summed E-state index contributed by atoms with van der Waals surface area (Å²) in [7, 11) is 0. The highest BCUT2D eigenvalue weighted by Gasteiger charge is 2.25. The van der Waals surface area contributed by atoms with Crippen molar-refractivity contribution in [2.75, 3.05) is 6.54 Å². The minimum absolute atomic E-state index is 0.347. The normalized spacial score (nSPS) is 18.1. The number of rotatable bonds is 3. The lowest BCUT2D eigenvalue weighted by molar-refractivity contribution is 0.394. The second kappa shape index (κ2) is 5.37. The van der Waals surface area contributed by atoms with Gasteiger partial charge < -0.3 is 9.88 Å². The third-order valence-corrected chi connectivity index (χ3v) is 4.24. The van der Waals surface area contributed by atoms with E-state index in [0.717, 1.165) is 37.6 Å². The molecule has 106 valence electrons. The highest BCUT2D eigenvalue weighted by atomic mass is 15.3. The molecule has 4 nitrogen and oxygen atoms in total. The van der Waals surface area contributed by atoms with Gasteiger partial charge in [0.25, 0.3) is 0 Å². The lowest BCUT2D eigenvalue weighted by Crippen LogP contribution is -2.33. The Kier molecular flexibility index (Phi) is 3.57. The van der Waals surface area contributed by atoms with Crippen LogP contribution >= 0.6 is 0 Å². The third kappa shape index (κ3) is 2.14. The summed E-state index contributed by atoms with van der Waals surface area (Å²) in [6.07, 6.45) is 2.27. The van der Waals surface area contributed by atoms with Crippen molar-refractivity contribution in [3.05, 3.63) is 35.2 Å². The zero-order chi connectivity index (χ0) is 14.1. The quantitative estimate of drug-likeness (QED) is 0.932. The Bertz CT molecular complexity index is 615. The van der Waals surface area contributed by atoms with Gasteiger partial charge in [0.15, 0.2) is 11.6 Å². The standard InChI is InChI=1S/C16H22N4/c1-4-6-14-16-19-18-15(20(16)10-9-17-14)13-8-5-7-11(2)12(13)3/h5,7-8,14,17H,4,6,9-10H2,1-3H3. The molecule has 20 heavy (non-hydrogen) atoms. The molecule has 1 aromatic heterocycles. The van der Waals surface area contributed by atoms with Crippen LogP contribution in [0.1, 0.15) is 42.8 Å². The molecule has 1 N–H and O–H groups in total. The summed E-state index contributed by atoms with van der Waals surface area (Å²) in [4.78, 5) is 0. The molecule has 1 aliphatic rings. The molecule has 0 saturated carbocycles. The molecule has 1 unspecified atom stereocenters. The molecular weight excluding hydrogens is 248 g/mol. The largest absolute Gasteiger partial charge is 0.308 e. The second-order valence-corrected chi connectivity index (χ2v) is 5.58. The lowest BCUT2D eigenvalue weighted by atomic mass is 10.0. The van der Waals surface area contributed by atoms with Gasteiger partial charge in [-0.05, 0) is 31.4 Å². The molecule has 0 spiro atoms. The van der Waals surface area contributed by atoms with Gasteiger partial charge in [0.1, 0.15) is 0 Å². The maximum Gasteiger partial charge on any atom is 0.164 e. The minimum Gasteiger partial charge on any atom is -0.308 e.